The van der Waals surface area contributed by atoms with Crippen LogP contribution < -0.4 is 0 Å². The van der Waals surface area contributed by atoms with E-state index in [1.165, 1.54) is 19.3 Å². The Hall–Kier alpha value is 0.859. The van der Waals surface area contributed by atoms with E-state index in [-0.39, 0.29) is 18.8 Å². The molecule has 2 bridgehead atoms. The molecule has 27 heavy (non-hydrogen) atoms. The summed E-state index contributed by atoms with van der Waals surface area (Å²) < 4.78 is 16.6. The fourth-order valence-electron chi connectivity index (χ4n) is 6.74. The third-order valence-corrected chi connectivity index (χ3v) is 15.8. The van der Waals surface area contributed by atoms with Gasteiger partial charge in [-0.3, -0.25) is 0 Å². The Morgan fingerprint density at radius 3 is 2.15 bits per heavy atom. The quantitative estimate of drug-likeness (QED) is 0.346. The van der Waals surface area contributed by atoms with Gasteiger partial charge in [0.1, 0.15) is 16.5 Å². The van der Waals surface area contributed by atoms with E-state index in [0.29, 0.717) is 17.3 Å². The van der Waals surface area contributed by atoms with E-state index in [4.69, 9.17) is 9.31 Å². The van der Waals surface area contributed by atoms with Gasteiger partial charge in [-0.2, -0.15) is 0 Å². The molecular weight excluding hydrogens is 433 g/mol. The molecule has 0 aromatic carbocycles. The highest BCUT2D eigenvalue weighted by molar-refractivity contribution is 9.09. The maximum atomic E-state index is 6.93. The lowest BCUT2D eigenvalue weighted by Gasteiger charge is -2.64. The molecule has 156 valence electrons. The molecule has 1 aliphatic heterocycles. The van der Waals surface area contributed by atoms with Gasteiger partial charge in [0.25, 0.3) is 0 Å². The number of hydrogen-bond donors (Lipinski definition) is 0. The molecule has 0 N–H and O–H groups in total. The van der Waals surface area contributed by atoms with E-state index in [0.717, 1.165) is 17.7 Å². The minimum absolute atomic E-state index is 0.0624. The summed E-state index contributed by atoms with van der Waals surface area (Å²) in [7, 11) is -3.04. The molecule has 0 aromatic rings. The third kappa shape index (κ3) is 3.83. The lowest BCUT2D eigenvalue weighted by Crippen LogP contribution is -2.67. The normalized spacial score (nSPS) is 36.6. The van der Waals surface area contributed by atoms with Gasteiger partial charge in [0.2, 0.25) is 0 Å². The molecule has 4 fully saturated rings. The molecule has 5 atom stereocenters. The average Bonchev–Trinajstić information content (AvgIpc) is 2.85. The minimum atomic E-state index is -1.49. The van der Waals surface area contributed by atoms with Crippen LogP contribution in [0.15, 0.2) is 0 Å². The van der Waals surface area contributed by atoms with E-state index < -0.39 is 16.5 Å². The Morgan fingerprint density at radius 2 is 1.67 bits per heavy atom. The van der Waals surface area contributed by atoms with Gasteiger partial charge in [-0.25, -0.2) is 0 Å². The zero-order chi connectivity index (χ0) is 20.4. The molecule has 4 aliphatic rings. The standard InChI is InChI=1S/C20H41BBrNO2Si2/c1-19(2)15-13-16(19)20(3)17(14-15)24-21(25-20)18(11-10-12-22)23(26(4,5)6)27(7,8)9/h15-18H,10-14H2,1-9H3/t15?,16?,17?,18?,20-/m0/s1. The molecule has 7 heteroatoms. The first kappa shape index (κ1) is 22.5. The molecule has 3 saturated carbocycles. The van der Waals surface area contributed by atoms with Crippen molar-refractivity contribution in [1.29, 1.82) is 0 Å². The van der Waals surface area contributed by atoms with Crippen LogP contribution in [0.1, 0.15) is 46.5 Å². The minimum Gasteiger partial charge on any atom is -0.404 e. The number of halogens is 1. The zero-order valence-electron chi connectivity index (χ0n) is 19.1. The van der Waals surface area contributed by atoms with Crippen LogP contribution in [0.5, 0.6) is 0 Å². The molecule has 0 radical (unpaired) electrons. The summed E-state index contributed by atoms with van der Waals surface area (Å²) in [5.41, 5.74) is 0.312. The largest absolute Gasteiger partial charge is 0.474 e. The van der Waals surface area contributed by atoms with Gasteiger partial charge in [-0.05, 0) is 49.9 Å². The molecule has 1 heterocycles. The van der Waals surface area contributed by atoms with Gasteiger partial charge < -0.3 is 13.5 Å². The molecule has 4 unspecified atom stereocenters. The van der Waals surface area contributed by atoms with Gasteiger partial charge in [-0.15, -0.1) is 0 Å². The topological polar surface area (TPSA) is 21.7 Å². The highest BCUT2D eigenvalue weighted by Gasteiger charge is 2.69. The van der Waals surface area contributed by atoms with Gasteiger partial charge >= 0.3 is 7.12 Å². The van der Waals surface area contributed by atoms with Gasteiger partial charge in [0.15, 0.2) is 0 Å². The second-order valence-corrected chi connectivity index (χ2v) is 22.8. The van der Waals surface area contributed by atoms with Crippen LogP contribution in [-0.4, -0.2) is 50.8 Å². The summed E-state index contributed by atoms with van der Waals surface area (Å²) in [5.74, 6) is 1.85. The van der Waals surface area contributed by atoms with Gasteiger partial charge in [0.05, 0.1) is 11.7 Å². The molecule has 0 aromatic heterocycles. The van der Waals surface area contributed by atoms with Crippen molar-refractivity contribution >= 4 is 39.5 Å². The highest BCUT2D eigenvalue weighted by atomic mass is 79.9. The van der Waals surface area contributed by atoms with Crippen LogP contribution in [0.2, 0.25) is 39.3 Å². The SMILES string of the molecule is CC1(C)C2CC3OB(C(CCCBr)N([Si](C)(C)C)[Si](C)(C)C)O[C@@]3(C)C1C2. The van der Waals surface area contributed by atoms with Crippen molar-refractivity contribution in [3.63, 3.8) is 0 Å². The van der Waals surface area contributed by atoms with E-state index >= 15 is 0 Å². The maximum absolute atomic E-state index is 6.93. The first-order valence-electron chi connectivity index (χ1n) is 10.9. The third-order valence-electron chi connectivity index (χ3n) is 7.69. The number of alkyl halides is 1. The lowest BCUT2D eigenvalue weighted by molar-refractivity contribution is -0.199. The van der Waals surface area contributed by atoms with Crippen LogP contribution >= 0.6 is 15.9 Å². The van der Waals surface area contributed by atoms with Crippen molar-refractivity contribution in [2.45, 2.75) is 103 Å². The molecular formula is C20H41BBrNO2Si2. The Morgan fingerprint density at radius 1 is 1.07 bits per heavy atom. The lowest BCUT2D eigenvalue weighted by atomic mass is 9.43. The number of rotatable bonds is 7. The Balaban J connectivity index is 1.89. The van der Waals surface area contributed by atoms with Crippen LogP contribution in [0.3, 0.4) is 0 Å². The van der Waals surface area contributed by atoms with Crippen LogP contribution in [0.4, 0.5) is 0 Å². The van der Waals surface area contributed by atoms with E-state index in [1.807, 2.05) is 0 Å². The Labute approximate surface area is 178 Å². The second-order valence-electron chi connectivity index (χ2n) is 11.9. The molecule has 0 spiro atoms. The van der Waals surface area contributed by atoms with E-state index in [2.05, 4.69) is 80.2 Å². The second kappa shape index (κ2) is 7.22. The maximum Gasteiger partial charge on any atom is 0.474 e. The molecule has 4 rings (SSSR count). The van der Waals surface area contributed by atoms with Gasteiger partial charge in [0, 0.05) is 11.3 Å². The van der Waals surface area contributed by atoms with Crippen molar-refractivity contribution in [2.75, 3.05) is 5.33 Å². The summed E-state index contributed by atoms with van der Waals surface area (Å²) in [5, 5.41) is 1.06. The smallest absolute Gasteiger partial charge is 0.404 e. The number of hydrogen-bond acceptors (Lipinski definition) is 3. The van der Waals surface area contributed by atoms with Crippen molar-refractivity contribution < 1.29 is 9.31 Å². The van der Waals surface area contributed by atoms with Crippen LogP contribution in [0.25, 0.3) is 0 Å². The zero-order valence-corrected chi connectivity index (χ0v) is 22.6. The summed E-state index contributed by atoms with van der Waals surface area (Å²) in [6.07, 6.45) is 5.13. The average molecular weight is 474 g/mol. The fraction of sp³-hybridized carbons (Fsp3) is 1.00. The molecule has 3 nitrogen and oxygen atoms in total. The first-order chi connectivity index (χ1) is 12.2. The summed E-state index contributed by atoms with van der Waals surface area (Å²) in [6.45, 7) is 22.2. The molecule has 1 saturated heterocycles. The summed E-state index contributed by atoms with van der Waals surface area (Å²) in [6, 6.07) is 0. The van der Waals surface area contributed by atoms with E-state index in [1.54, 1.807) is 0 Å². The molecule has 3 aliphatic carbocycles. The Bertz CT molecular complexity index is 551. The van der Waals surface area contributed by atoms with Crippen molar-refractivity contribution in [3.05, 3.63) is 0 Å². The summed E-state index contributed by atoms with van der Waals surface area (Å²) >= 11 is 3.66. The monoisotopic (exact) mass is 473 g/mol. The van der Waals surface area contributed by atoms with E-state index in [9.17, 15) is 0 Å². The predicted molar refractivity (Wildman–Crippen MR) is 125 cm³/mol. The van der Waals surface area contributed by atoms with Gasteiger partial charge in [-0.1, -0.05) is 69.1 Å². The van der Waals surface area contributed by atoms with Crippen molar-refractivity contribution in [1.82, 2.24) is 4.23 Å². The highest BCUT2D eigenvalue weighted by Crippen LogP contribution is 2.65. The van der Waals surface area contributed by atoms with Crippen LogP contribution in [-0.2, 0) is 9.31 Å². The summed E-state index contributed by atoms with van der Waals surface area (Å²) in [4.78, 5) is 0. The predicted octanol–water partition coefficient (Wildman–Crippen LogP) is 5.77. The number of nitrogens with zero attached hydrogens (tertiary/aromatic N) is 1. The van der Waals surface area contributed by atoms with Crippen molar-refractivity contribution in [2.24, 2.45) is 17.3 Å². The Kier molecular flexibility index (Phi) is 6.03. The van der Waals surface area contributed by atoms with Crippen molar-refractivity contribution in [3.8, 4) is 0 Å². The fourth-order valence-corrected chi connectivity index (χ4v) is 17.6. The first-order valence-corrected chi connectivity index (χ1v) is 18.9. The molecule has 0 amide bonds. The van der Waals surface area contributed by atoms with Crippen LogP contribution in [0, 0.1) is 17.3 Å².